The summed E-state index contributed by atoms with van der Waals surface area (Å²) >= 11 is 0. The average Bonchev–Trinajstić information content (AvgIpc) is 2.84. The van der Waals surface area contributed by atoms with Crippen molar-refractivity contribution in [2.75, 3.05) is 5.73 Å². The summed E-state index contributed by atoms with van der Waals surface area (Å²) in [7, 11) is 0. The molecule has 0 fully saturated rings. The molecule has 0 atom stereocenters. The molecule has 1 aromatic heterocycles. The van der Waals surface area contributed by atoms with Crippen LogP contribution in [-0.4, -0.2) is 9.78 Å². The molecule has 0 bridgehead atoms. The predicted octanol–water partition coefficient (Wildman–Crippen LogP) is 3.10. The fourth-order valence-electron chi connectivity index (χ4n) is 2.80. The zero-order valence-electron chi connectivity index (χ0n) is 11.2. The van der Waals surface area contributed by atoms with Gasteiger partial charge in [-0.25, -0.2) is 17.9 Å². The molecule has 0 amide bonds. The van der Waals surface area contributed by atoms with E-state index < -0.39 is 17.5 Å². The quantitative estimate of drug-likeness (QED) is 0.816. The van der Waals surface area contributed by atoms with Crippen LogP contribution in [0.5, 0.6) is 0 Å². The second-order valence-corrected chi connectivity index (χ2v) is 5.72. The van der Waals surface area contributed by atoms with E-state index in [4.69, 9.17) is 5.73 Å². The first-order valence-electron chi connectivity index (χ1n) is 6.34. The number of hydrogen-bond donors (Lipinski definition) is 1. The molecule has 0 aliphatic heterocycles. The minimum absolute atomic E-state index is 0.146. The molecule has 0 radical (unpaired) electrons. The smallest absolute Gasteiger partial charge is 0.161 e. The number of anilines is 1. The Hall–Kier alpha value is -1.98. The summed E-state index contributed by atoms with van der Waals surface area (Å²) in [6.45, 7) is 4.06. The van der Waals surface area contributed by atoms with Gasteiger partial charge in [-0.3, -0.25) is 0 Å². The number of nitrogens with two attached hydrogens (primary N) is 1. The van der Waals surface area contributed by atoms with Crippen molar-refractivity contribution >= 4 is 5.82 Å². The molecule has 2 aromatic rings. The van der Waals surface area contributed by atoms with Gasteiger partial charge in [0.15, 0.2) is 17.5 Å². The second kappa shape index (κ2) is 4.01. The molecule has 1 aromatic carbocycles. The Morgan fingerprint density at radius 3 is 2.45 bits per heavy atom. The molecule has 0 saturated carbocycles. The molecule has 0 saturated heterocycles. The Labute approximate surface area is 114 Å². The largest absolute Gasteiger partial charge is 0.383 e. The van der Waals surface area contributed by atoms with Crippen LogP contribution in [0, 0.1) is 17.5 Å². The molecule has 3 nitrogen and oxygen atoms in total. The first-order valence-corrected chi connectivity index (χ1v) is 6.34. The van der Waals surface area contributed by atoms with E-state index >= 15 is 0 Å². The topological polar surface area (TPSA) is 43.8 Å². The van der Waals surface area contributed by atoms with E-state index in [1.54, 1.807) is 0 Å². The van der Waals surface area contributed by atoms with Crippen LogP contribution in [0.2, 0.25) is 0 Å². The van der Waals surface area contributed by atoms with Crippen molar-refractivity contribution in [2.45, 2.75) is 32.1 Å². The molecule has 1 aliphatic carbocycles. The Balaban J connectivity index is 2.21. The van der Waals surface area contributed by atoms with Crippen molar-refractivity contribution in [1.82, 2.24) is 9.78 Å². The summed E-state index contributed by atoms with van der Waals surface area (Å²) in [5, 5.41) is 4.25. The fraction of sp³-hybridized carbons (Fsp3) is 0.357. The number of benzene rings is 1. The van der Waals surface area contributed by atoms with Crippen LogP contribution in [0.25, 0.3) is 5.69 Å². The van der Waals surface area contributed by atoms with Gasteiger partial charge in [-0.1, -0.05) is 13.8 Å². The zero-order chi connectivity index (χ0) is 14.7. The van der Waals surface area contributed by atoms with Gasteiger partial charge in [-0.2, -0.15) is 5.10 Å². The number of rotatable bonds is 1. The highest BCUT2D eigenvalue weighted by molar-refractivity contribution is 5.55. The average molecular weight is 281 g/mol. The van der Waals surface area contributed by atoms with Gasteiger partial charge >= 0.3 is 0 Å². The normalized spacial score (nSPS) is 16.4. The number of nitrogens with zero attached hydrogens (tertiary/aromatic N) is 2. The van der Waals surface area contributed by atoms with Crippen LogP contribution in [-0.2, 0) is 11.8 Å². The van der Waals surface area contributed by atoms with E-state index in [-0.39, 0.29) is 16.9 Å². The van der Waals surface area contributed by atoms with Gasteiger partial charge in [-0.05, 0) is 18.3 Å². The lowest BCUT2D eigenvalue weighted by molar-refractivity contribution is 0.490. The Bertz CT molecular complexity index is 704. The molecule has 1 aliphatic rings. The van der Waals surface area contributed by atoms with Crippen LogP contribution in [0.3, 0.4) is 0 Å². The summed E-state index contributed by atoms with van der Waals surface area (Å²) in [4.78, 5) is 0. The van der Waals surface area contributed by atoms with Crippen LogP contribution < -0.4 is 5.73 Å². The van der Waals surface area contributed by atoms with Crippen molar-refractivity contribution in [2.24, 2.45) is 0 Å². The maximum Gasteiger partial charge on any atom is 0.161 e. The van der Waals surface area contributed by atoms with Crippen LogP contribution in [0.1, 0.15) is 31.5 Å². The van der Waals surface area contributed by atoms with E-state index in [1.165, 1.54) is 0 Å². The SMILES string of the molecule is CC1(C)CCc2nn(-c3cc(F)c(F)cc3F)c(N)c21. The molecule has 6 heteroatoms. The number of hydrogen-bond acceptors (Lipinski definition) is 2. The zero-order valence-corrected chi connectivity index (χ0v) is 11.2. The summed E-state index contributed by atoms with van der Waals surface area (Å²) in [6.07, 6.45) is 1.65. The third-order valence-electron chi connectivity index (χ3n) is 3.88. The van der Waals surface area contributed by atoms with Gasteiger partial charge in [0.25, 0.3) is 0 Å². The van der Waals surface area contributed by atoms with Gasteiger partial charge in [-0.15, -0.1) is 0 Å². The van der Waals surface area contributed by atoms with E-state index in [1.807, 2.05) is 13.8 Å². The van der Waals surface area contributed by atoms with Gasteiger partial charge < -0.3 is 5.73 Å². The summed E-state index contributed by atoms with van der Waals surface area (Å²) in [5.74, 6) is -2.97. The van der Waals surface area contributed by atoms with Crippen molar-refractivity contribution in [3.63, 3.8) is 0 Å². The van der Waals surface area contributed by atoms with Gasteiger partial charge in [0.05, 0.1) is 5.69 Å². The minimum Gasteiger partial charge on any atom is -0.383 e. The van der Waals surface area contributed by atoms with E-state index in [9.17, 15) is 13.2 Å². The van der Waals surface area contributed by atoms with Crippen molar-refractivity contribution in [3.8, 4) is 5.69 Å². The second-order valence-electron chi connectivity index (χ2n) is 5.72. The lowest BCUT2D eigenvalue weighted by Gasteiger charge is -2.18. The Morgan fingerprint density at radius 1 is 1.15 bits per heavy atom. The monoisotopic (exact) mass is 281 g/mol. The predicted molar refractivity (Wildman–Crippen MR) is 69.2 cm³/mol. The molecule has 3 rings (SSSR count). The van der Waals surface area contributed by atoms with Crippen molar-refractivity contribution in [3.05, 3.63) is 40.8 Å². The van der Waals surface area contributed by atoms with Crippen molar-refractivity contribution in [1.29, 1.82) is 0 Å². The van der Waals surface area contributed by atoms with Gasteiger partial charge in [0.1, 0.15) is 11.5 Å². The standard InChI is InChI=1S/C14H14F3N3/c1-14(2)4-3-10-12(14)13(18)20(19-10)11-6-8(16)7(15)5-9(11)17/h5-6H,3-4,18H2,1-2H3. The lowest BCUT2D eigenvalue weighted by Crippen LogP contribution is -2.16. The molecular weight excluding hydrogens is 267 g/mol. The number of halogens is 3. The first kappa shape index (κ1) is 13.0. The molecule has 20 heavy (non-hydrogen) atoms. The number of fused-ring (bicyclic) bond motifs is 1. The third-order valence-corrected chi connectivity index (χ3v) is 3.88. The summed E-state index contributed by atoms with van der Waals surface area (Å²) in [5.41, 5.74) is 7.37. The minimum atomic E-state index is -1.23. The summed E-state index contributed by atoms with van der Waals surface area (Å²) < 4.78 is 41.3. The van der Waals surface area contributed by atoms with E-state index in [0.29, 0.717) is 6.07 Å². The fourth-order valence-corrected chi connectivity index (χ4v) is 2.80. The first-order chi connectivity index (χ1) is 9.31. The van der Waals surface area contributed by atoms with Crippen LogP contribution >= 0.6 is 0 Å². The van der Waals surface area contributed by atoms with Gasteiger partial charge in [0.2, 0.25) is 0 Å². The maximum absolute atomic E-state index is 13.8. The van der Waals surface area contributed by atoms with Crippen LogP contribution in [0.15, 0.2) is 12.1 Å². The molecule has 2 N–H and O–H groups in total. The van der Waals surface area contributed by atoms with E-state index in [0.717, 1.165) is 34.8 Å². The molecule has 106 valence electrons. The molecular formula is C14H14F3N3. The molecule has 0 unspecified atom stereocenters. The third kappa shape index (κ3) is 1.71. The molecule has 0 spiro atoms. The number of aryl methyl sites for hydroxylation is 1. The highest BCUT2D eigenvalue weighted by Crippen LogP contribution is 2.42. The van der Waals surface area contributed by atoms with Crippen molar-refractivity contribution < 1.29 is 13.2 Å². The highest BCUT2D eigenvalue weighted by atomic mass is 19.2. The van der Waals surface area contributed by atoms with Gasteiger partial charge in [0, 0.05) is 17.7 Å². The Morgan fingerprint density at radius 2 is 1.80 bits per heavy atom. The highest BCUT2D eigenvalue weighted by Gasteiger charge is 2.36. The lowest BCUT2D eigenvalue weighted by atomic mass is 9.87. The molecule has 1 heterocycles. The van der Waals surface area contributed by atoms with Crippen LogP contribution in [0.4, 0.5) is 19.0 Å². The maximum atomic E-state index is 13.8. The number of nitrogen functional groups attached to an aromatic ring is 1. The van der Waals surface area contributed by atoms with E-state index in [2.05, 4.69) is 5.10 Å². The Kier molecular flexibility index (Phi) is 2.61. The summed E-state index contributed by atoms with van der Waals surface area (Å²) in [6, 6.07) is 1.28. The number of aromatic nitrogens is 2.